The van der Waals surface area contributed by atoms with Crippen molar-refractivity contribution in [3.63, 3.8) is 0 Å². The third-order valence-electron chi connectivity index (χ3n) is 3.32. The monoisotopic (exact) mass is 335 g/mol. The molecule has 0 bridgehead atoms. The smallest absolute Gasteiger partial charge is 0.248 e. The molecule has 0 fully saturated rings. The highest BCUT2D eigenvalue weighted by atomic mass is 32.1. The Balaban J connectivity index is 1.69. The van der Waals surface area contributed by atoms with Gasteiger partial charge in [0.15, 0.2) is 0 Å². The lowest BCUT2D eigenvalue weighted by atomic mass is 10.1. The standard InChI is InChI=1S/C18H13N3O2S/c19-9-12-2-1-3-16(8-12)23-10-15-11-24-18(21-15)14-6-4-13(5-7-14)17(20)22/h1-8,11H,10H2,(H2,20,22). The van der Waals surface area contributed by atoms with Gasteiger partial charge < -0.3 is 10.5 Å². The molecule has 2 aromatic carbocycles. The summed E-state index contributed by atoms with van der Waals surface area (Å²) < 4.78 is 5.67. The first-order valence-electron chi connectivity index (χ1n) is 7.13. The quantitative estimate of drug-likeness (QED) is 0.774. The molecule has 0 saturated heterocycles. The van der Waals surface area contributed by atoms with Crippen LogP contribution in [-0.2, 0) is 6.61 Å². The zero-order chi connectivity index (χ0) is 16.9. The van der Waals surface area contributed by atoms with E-state index in [4.69, 9.17) is 15.7 Å². The molecule has 118 valence electrons. The molecule has 1 aromatic heterocycles. The Morgan fingerprint density at radius 1 is 1.25 bits per heavy atom. The maximum atomic E-state index is 11.1. The second-order valence-electron chi connectivity index (χ2n) is 5.01. The number of thiazole rings is 1. The van der Waals surface area contributed by atoms with E-state index in [1.807, 2.05) is 17.5 Å². The topological polar surface area (TPSA) is 89.0 Å². The summed E-state index contributed by atoms with van der Waals surface area (Å²) in [5.74, 6) is 0.184. The SMILES string of the molecule is N#Cc1cccc(OCc2csc(-c3ccc(C(N)=O)cc3)n2)c1. The fourth-order valence-electron chi connectivity index (χ4n) is 2.10. The first kappa shape index (κ1) is 15.7. The molecule has 6 heteroatoms. The minimum Gasteiger partial charge on any atom is -0.487 e. The minimum atomic E-state index is -0.450. The molecule has 3 rings (SSSR count). The van der Waals surface area contributed by atoms with Crippen LogP contribution in [0.3, 0.4) is 0 Å². The van der Waals surface area contributed by atoms with Gasteiger partial charge in [0.25, 0.3) is 0 Å². The number of nitrogens with zero attached hydrogens (tertiary/aromatic N) is 2. The minimum absolute atomic E-state index is 0.324. The second-order valence-corrected chi connectivity index (χ2v) is 5.87. The largest absolute Gasteiger partial charge is 0.487 e. The van der Waals surface area contributed by atoms with Crippen LogP contribution in [0.25, 0.3) is 10.6 Å². The normalized spacial score (nSPS) is 10.1. The van der Waals surface area contributed by atoms with Crippen molar-refractivity contribution in [1.29, 1.82) is 5.26 Å². The highest BCUT2D eigenvalue weighted by molar-refractivity contribution is 7.13. The average molecular weight is 335 g/mol. The van der Waals surface area contributed by atoms with Crippen molar-refractivity contribution in [1.82, 2.24) is 4.98 Å². The Morgan fingerprint density at radius 2 is 2.04 bits per heavy atom. The molecule has 0 unspecified atom stereocenters. The second kappa shape index (κ2) is 6.94. The van der Waals surface area contributed by atoms with Crippen LogP contribution in [0, 0.1) is 11.3 Å². The van der Waals surface area contributed by atoms with Gasteiger partial charge in [-0.25, -0.2) is 4.98 Å². The van der Waals surface area contributed by atoms with Gasteiger partial charge in [0, 0.05) is 16.5 Å². The molecular weight excluding hydrogens is 322 g/mol. The van der Waals surface area contributed by atoms with E-state index < -0.39 is 5.91 Å². The Morgan fingerprint density at radius 3 is 2.75 bits per heavy atom. The maximum Gasteiger partial charge on any atom is 0.248 e. The first-order chi connectivity index (χ1) is 11.7. The first-order valence-corrected chi connectivity index (χ1v) is 8.01. The van der Waals surface area contributed by atoms with Crippen molar-refractivity contribution in [3.8, 4) is 22.4 Å². The van der Waals surface area contributed by atoms with E-state index in [9.17, 15) is 4.79 Å². The Kier molecular flexibility index (Phi) is 4.54. The summed E-state index contributed by atoms with van der Waals surface area (Å²) >= 11 is 1.50. The van der Waals surface area contributed by atoms with E-state index in [0.29, 0.717) is 23.5 Å². The number of carbonyl (C=O) groups excluding carboxylic acids is 1. The van der Waals surface area contributed by atoms with Crippen LogP contribution in [0.15, 0.2) is 53.9 Å². The molecule has 0 aliphatic rings. The van der Waals surface area contributed by atoms with Crippen molar-refractivity contribution in [3.05, 3.63) is 70.7 Å². The molecule has 0 radical (unpaired) electrons. The van der Waals surface area contributed by atoms with Gasteiger partial charge in [-0.05, 0) is 30.3 Å². The Hall–Kier alpha value is -3.17. The lowest BCUT2D eigenvalue weighted by Crippen LogP contribution is -2.10. The van der Waals surface area contributed by atoms with Gasteiger partial charge >= 0.3 is 0 Å². The molecule has 0 aliphatic carbocycles. The lowest BCUT2D eigenvalue weighted by Gasteiger charge is -2.04. The predicted molar refractivity (Wildman–Crippen MR) is 91.6 cm³/mol. The summed E-state index contributed by atoms with van der Waals surface area (Å²) in [5.41, 5.74) is 7.98. The van der Waals surface area contributed by atoms with Crippen LogP contribution >= 0.6 is 11.3 Å². The van der Waals surface area contributed by atoms with Crippen molar-refractivity contribution in [2.75, 3.05) is 0 Å². The van der Waals surface area contributed by atoms with Crippen LogP contribution in [-0.4, -0.2) is 10.9 Å². The van der Waals surface area contributed by atoms with E-state index in [1.54, 1.807) is 36.4 Å². The summed E-state index contributed by atoms with van der Waals surface area (Å²) in [4.78, 5) is 15.6. The van der Waals surface area contributed by atoms with Crippen LogP contribution in [0.5, 0.6) is 5.75 Å². The predicted octanol–water partition coefficient (Wildman–Crippen LogP) is 3.36. The van der Waals surface area contributed by atoms with Crippen LogP contribution < -0.4 is 10.5 Å². The van der Waals surface area contributed by atoms with E-state index in [-0.39, 0.29) is 0 Å². The fraction of sp³-hybridized carbons (Fsp3) is 0.0556. The molecule has 0 aliphatic heterocycles. The van der Waals surface area contributed by atoms with Crippen LogP contribution in [0.1, 0.15) is 21.6 Å². The molecule has 1 amide bonds. The number of nitrogens with two attached hydrogens (primary N) is 1. The number of benzene rings is 2. The van der Waals surface area contributed by atoms with E-state index in [0.717, 1.165) is 16.3 Å². The summed E-state index contributed by atoms with van der Waals surface area (Å²) in [6.07, 6.45) is 0. The highest BCUT2D eigenvalue weighted by Crippen LogP contribution is 2.25. The van der Waals surface area contributed by atoms with Gasteiger partial charge in [-0.15, -0.1) is 11.3 Å². The number of hydrogen-bond acceptors (Lipinski definition) is 5. The number of carbonyl (C=O) groups is 1. The molecule has 2 N–H and O–H groups in total. The molecule has 0 saturated carbocycles. The van der Waals surface area contributed by atoms with Crippen molar-refractivity contribution in [2.24, 2.45) is 5.73 Å². The number of hydrogen-bond donors (Lipinski definition) is 1. The molecule has 5 nitrogen and oxygen atoms in total. The number of amides is 1. The molecule has 3 aromatic rings. The molecular formula is C18H13N3O2S. The van der Waals surface area contributed by atoms with Crippen LogP contribution in [0.4, 0.5) is 0 Å². The van der Waals surface area contributed by atoms with Crippen molar-refractivity contribution in [2.45, 2.75) is 6.61 Å². The molecule has 0 spiro atoms. The summed E-state index contributed by atoms with van der Waals surface area (Å²) in [7, 11) is 0. The zero-order valence-electron chi connectivity index (χ0n) is 12.6. The number of nitriles is 1. The van der Waals surface area contributed by atoms with Crippen molar-refractivity contribution < 1.29 is 9.53 Å². The molecule has 1 heterocycles. The third kappa shape index (κ3) is 3.59. The lowest BCUT2D eigenvalue weighted by molar-refractivity contribution is 0.100. The van der Waals surface area contributed by atoms with Gasteiger partial charge in [-0.3, -0.25) is 4.79 Å². The maximum absolute atomic E-state index is 11.1. The number of ether oxygens (including phenoxy) is 1. The molecule has 0 atom stereocenters. The average Bonchev–Trinajstić information content (AvgIpc) is 3.09. The number of aromatic nitrogens is 1. The third-order valence-corrected chi connectivity index (χ3v) is 4.26. The number of primary amides is 1. The van der Waals surface area contributed by atoms with E-state index in [2.05, 4.69) is 11.1 Å². The fourth-order valence-corrected chi connectivity index (χ4v) is 2.91. The van der Waals surface area contributed by atoms with Gasteiger partial charge in [0.05, 0.1) is 17.3 Å². The van der Waals surface area contributed by atoms with E-state index >= 15 is 0 Å². The van der Waals surface area contributed by atoms with Gasteiger partial charge in [0.2, 0.25) is 5.91 Å². The van der Waals surface area contributed by atoms with Gasteiger partial charge in [-0.2, -0.15) is 5.26 Å². The van der Waals surface area contributed by atoms with Gasteiger partial charge in [-0.1, -0.05) is 18.2 Å². The van der Waals surface area contributed by atoms with Crippen LogP contribution in [0.2, 0.25) is 0 Å². The Labute approximate surface area is 143 Å². The van der Waals surface area contributed by atoms with Crippen molar-refractivity contribution >= 4 is 17.2 Å². The Bertz CT molecular complexity index is 911. The van der Waals surface area contributed by atoms with E-state index in [1.165, 1.54) is 11.3 Å². The summed E-state index contributed by atoms with van der Waals surface area (Å²) in [5, 5.41) is 11.7. The van der Waals surface area contributed by atoms with Gasteiger partial charge in [0.1, 0.15) is 17.4 Å². The summed E-state index contributed by atoms with van der Waals surface area (Å²) in [6, 6.07) is 16.1. The summed E-state index contributed by atoms with van der Waals surface area (Å²) in [6.45, 7) is 0.324. The zero-order valence-corrected chi connectivity index (χ0v) is 13.4. The molecule has 24 heavy (non-hydrogen) atoms. The highest BCUT2D eigenvalue weighted by Gasteiger charge is 2.07. The number of rotatable bonds is 5.